The topological polar surface area (TPSA) is 82.3 Å². The van der Waals surface area contributed by atoms with Gasteiger partial charge < -0.3 is 21.3 Å². The van der Waals surface area contributed by atoms with E-state index in [1.54, 1.807) is 0 Å². The number of hydrogen-bond acceptors (Lipinski definition) is 2. The van der Waals surface area contributed by atoms with E-state index in [0.29, 0.717) is 0 Å². The number of carbonyl (C=O) groups excluding carboxylic acids is 2. The second-order valence-corrected chi connectivity index (χ2v) is 13.0. The highest BCUT2D eigenvalue weighted by molar-refractivity contribution is 6.01. The zero-order valence-corrected chi connectivity index (χ0v) is 27.9. The Hall–Kier alpha value is -4.58. The normalized spacial score (nSPS) is 11.3. The predicted octanol–water partition coefficient (Wildman–Crippen LogP) is 11.1. The summed E-state index contributed by atoms with van der Waals surface area (Å²) in [6, 6.07) is 27.4. The molecular weight excluding hydrogens is 556 g/mol. The molecule has 0 fully saturated rings. The van der Waals surface area contributed by atoms with Gasteiger partial charge in [-0.2, -0.15) is 0 Å². The first-order chi connectivity index (χ1) is 21.4. The number of nitrogens with one attached hydrogen (secondary N) is 4. The molecule has 0 aliphatic rings. The van der Waals surface area contributed by atoms with Gasteiger partial charge in [0.25, 0.3) is 0 Å². The summed E-state index contributed by atoms with van der Waals surface area (Å²) in [5, 5.41) is 12.3. The predicted molar refractivity (Wildman–Crippen MR) is 190 cm³/mol. The van der Waals surface area contributed by atoms with Gasteiger partial charge in [0, 0.05) is 22.7 Å². The molecule has 6 nitrogen and oxygen atoms in total. The van der Waals surface area contributed by atoms with Gasteiger partial charge in [0.15, 0.2) is 0 Å². The summed E-state index contributed by atoms with van der Waals surface area (Å²) in [5.41, 5.74) is 10.1. The minimum atomic E-state index is -0.250. The summed E-state index contributed by atoms with van der Waals surface area (Å²) >= 11 is 0. The SMILES string of the molecule is CC(C)c1cc(Cc2cc(C(C)C)c(NC(=O)Nc3ccccc3)c(C(C)C)c2)cc(C(C)C)c1NC(=O)Nc1ccccc1. The number of urea groups is 2. The average molecular weight is 605 g/mol. The molecule has 6 heteroatoms. The lowest BCUT2D eigenvalue weighted by atomic mass is 9.86. The Balaban J connectivity index is 1.68. The van der Waals surface area contributed by atoms with Crippen molar-refractivity contribution in [1.29, 1.82) is 0 Å². The third kappa shape index (κ3) is 8.75. The van der Waals surface area contributed by atoms with Crippen molar-refractivity contribution in [2.45, 2.75) is 85.5 Å². The Bertz CT molecular complexity index is 1430. The van der Waals surface area contributed by atoms with Crippen molar-refractivity contribution in [3.05, 3.63) is 118 Å². The van der Waals surface area contributed by atoms with Crippen LogP contribution in [0.25, 0.3) is 0 Å². The number of hydrogen-bond donors (Lipinski definition) is 4. The molecule has 0 atom stereocenters. The van der Waals surface area contributed by atoms with Gasteiger partial charge in [-0.15, -0.1) is 0 Å². The quantitative estimate of drug-likeness (QED) is 0.145. The molecule has 4 amide bonds. The van der Waals surface area contributed by atoms with Crippen LogP contribution in [0.2, 0.25) is 0 Å². The minimum absolute atomic E-state index is 0.210. The fourth-order valence-electron chi connectivity index (χ4n) is 5.65. The smallest absolute Gasteiger partial charge is 0.308 e. The zero-order valence-electron chi connectivity index (χ0n) is 27.9. The third-order valence-corrected chi connectivity index (χ3v) is 7.95. The van der Waals surface area contributed by atoms with Gasteiger partial charge in [0.2, 0.25) is 0 Å². The van der Waals surface area contributed by atoms with E-state index in [-0.39, 0.29) is 35.7 Å². The molecule has 0 aliphatic carbocycles. The van der Waals surface area contributed by atoms with Gasteiger partial charge in [-0.1, -0.05) is 116 Å². The number of carbonyl (C=O) groups is 2. The lowest BCUT2D eigenvalue weighted by Crippen LogP contribution is -2.22. The van der Waals surface area contributed by atoms with Gasteiger partial charge in [0.1, 0.15) is 0 Å². The Labute approximate surface area is 269 Å². The molecule has 0 bridgehead atoms. The number of anilines is 4. The van der Waals surface area contributed by atoms with E-state index in [1.165, 1.54) is 11.1 Å². The second kappa shape index (κ2) is 14.9. The van der Waals surface area contributed by atoms with Crippen LogP contribution in [0.15, 0.2) is 84.9 Å². The van der Waals surface area contributed by atoms with Crippen LogP contribution in [0.1, 0.15) is 112 Å². The number of benzene rings is 4. The van der Waals surface area contributed by atoms with Crippen LogP contribution in [0.5, 0.6) is 0 Å². The highest BCUT2D eigenvalue weighted by atomic mass is 16.2. The van der Waals surface area contributed by atoms with Crippen LogP contribution in [-0.2, 0) is 6.42 Å². The molecule has 0 saturated carbocycles. The molecule has 0 aliphatic heterocycles. The molecule has 4 aromatic carbocycles. The van der Waals surface area contributed by atoms with E-state index in [2.05, 4.69) is 101 Å². The van der Waals surface area contributed by atoms with Crippen LogP contribution in [0.3, 0.4) is 0 Å². The van der Waals surface area contributed by atoms with Gasteiger partial charge in [-0.25, -0.2) is 9.59 Å². The number of amides is 4. The maximum absolute atomic E-state index is 13.1. The monoisotopic (exact) mass is 604 g/mol. The van der Waals surface area contributed by atoms with Crippen molar-refractivity contribution in [3.63, 3.8) is 0 Å². The summed E-state index contributed by atoms with van der Waals surface area (Å²) in [4.78, 5) is 26.1. The van der Waals surface area contributed by atoms with Crippen molar-refractivity contribution >= 4 is 34.8 Å². The lowest BCUT2D eigenvalue weighted by molar-refractivity contribution is 0.261. The van der Waals surface area contributed by atoms with Gasteiger partial charge >= 0.3 is 12.1 Å². The van der Waals surface area contributed by atoms with Gasteiger partial charge in [-0.3, -0.25) is 0 Å². The highest BCUT2D eigenvalue weighted by Crippen LogP contribution is 2.37. The summed E-state index contributed by atoms with van der Waals surface area (Å²) in [6.07, 6.45) is 0.742. The van der Waals surface area contributed by atoms with E-state index in [9.17, 15) is 9.59 Å². The summed E-state index contributed by atoms with van der Waals surface area (Å²) in [7, 11) is 0. The summed E-state index contributed by atoms with van der Waals surface area (Å²) in [5.74, 6) is 0.839. The second-order valence-electron chi connectivity index (χ2n) is 13.0. The largest absolute Gasteiger partial charge is 0.323 e. The maximum atomic E-state index is 13.1. The fraction of sp³-hybridized carbons (Fsp3) is 0.333. The first-order valence-electron chi connectivity index (χ1n) is 16.0. The zero-order chi connectivity index (χ0) is 32.7. The third-order valence-electron chi connectivity index (χ3n) is 7.95. The molecule has 4 N–H and O–H groups in total. The van der Waals surface area contributed by atoms with E-state index in [1.807, 2.05) is 60.7 Å². The Morgan fingerprint density at radius 2 is 0.756 bits per heavy atom. The van der Waals surface area contributed by atoms with Crippen molar-refractivity contribution in [2.75, 3.05) is 21.3 Å². The molecule has 45 heavy (non-hydrogen) atoms. The van der Waals surface area contributed by atoms with E-state index >= 15 is 0 Å². The van der Waals surface area contributed by atoms with Crippen LogP contribution < -0.4 is 21.3 Å². The van der Waals surface area contributed by atoms with E-state index in [0.717, 1.165) is 51.4 Å². The van der Waals surface area contributed by atoms with Crippen LogP contribution in [-0.4, -0.2) is 12.1 Å². The van der Waals surface area contributed by atoms with Crippen LogP contribution in [0, 0.1) is 0 Å². The number of rotatable bonds is 10. The summed E-state index contributed by atoms with van der Waals surface area (Å²) < 4.78 is 0. The highest BCUT2D eigenvalue weighted by Gasteiger charge is 2.21. The van der Waals surface area contributed by atoms with Gasteiger partial charge in [-0.05, 0) is 87.7 Å². The first kappa shape index (κ1) is 33.3. The lowest BCUT2D eigenvalue weighted by Gasteiger charge is -2.24. The number of para-hydroxylation sites is 2. The molecule has 4 rings (SSSR count). The molecule has 0 aromatic heterocycles. The fourth-order valence-corrected chi connectivity index (χ4v) is 5.65. The molecule has 0 radical (unpaired) electrons. The van der Waals surface area contributed by atoms with Crippen LogP contribution in [0.4, 0.5) is 32.3 Å². The van der Waals surface area contributed by atoms with Crippen molar-refractivity contribution in [1.82, 2.24) is 0 Å². The van der Waals surface area contributed by atoms with Crippen molar-refractivity contribution < 1.29 is 9.59 Å². The molecule has 236 valence electrons. The van der Waals surface area contributed by atoms with Crippen LogP contribution >= 0.6 is 0 Å². The molecule has 0 spiro atoms. The Morgan fingerprint density at radius 1 is 0.467 bits per heavy atom. The molecule has 0 saturated heterocycles. The summed E-state index contributed by atoms with van der Waals surface area (Å²) in [6.45, 7) is 17.3. The maximum Gasteiger partial charge on any atom is 0.323 e. The molecule has 0 heterocycles. The van der Waals surface area contributed by atoms with Gasteiger partial charge in [0.05, 0.1) is 0 Å². The van der Waals surface area contributed by atoms with Crippen molar-refractivity contribution in [3.8, 4) is 0 Å². The standard InChI is InChI=1S/C39H48N4O2/c1-24(2)32-20-28(21-33(25(3)4)36(32)42-38(44)40-30-15-11-9-12-16-30)19-29-22-34(26(5)6)37(35(23-29)27(7)8)43-39(45)41-31-17-13-10-14-18-31/h9-18,20-27H,19H2,1-8H3,(H2,40,42,44)(H2,41,43,45). The first-order valence-corrected chi connectivity index (χ1v) is 16.0. The Kier molecular flexibility index (Phi) is 11.1. The molecular formula is C39H48N4O2. The van der Waals surface area contributed by atoms with Crippen molar-refractivity contribution in [2.24, 2.45) is 0 Å². The minimum Gasteiger partial charge on any atom is -0.308 e. The average Bonchev–Trinajstić information content (AvgIpc) is 2.98. The van der Waals surface area contributed by atoms with E-state index < -0.39 is 0 Å². The molecule has 0 unspecified atom stereocenters. The Morgan fingerprint density at radius 3 is 1.02 bits per heavy atom. The molecule has 4 aromatic rings. The van der Waals surface area contributed by atoms with E-state index in [4.69, 9.17) is 0 Å².